The first kappa shape index (κ1) is 22.1. The number of esters is 1. The Morgan fingerprint density at radius 3 is 2.64 bits per heavy atom. The van der Waals surface area contributed by atoms with Crippen LogP contribution >= 0.6 is 0 Å². The molecule has 170 valence electrons. The van der Waals surface area contributed by atoms with Gasteiger partial charge in [0.25, 0.3) is 5.91 Å². The van der Waals surface area contributed by atoms with Crippen LogP contribution in [0.15, 0.2) is 65.3 Å². The fraction of sp³-hybridized carbons (Fsp3) is 0.250. The summed E-state index contributed by atoms with van der Waals surface area (Å²) in [7, 11) is 0. The molecular formula is C24H25N5O4. The van der Waals surface area contributed by atoms with E-state index in [9.17, 15) is 9.59 Å². The molecule has 0 atom stereocenters. The molecule has 0 saturated carbocycles. The number of aromatic nitrogens is 4. The van der Waals surface area contributed by atoms with E-state index >= 15 is 0 Å². The molecule has 1 amide bonds. The summed E-state index contributed by atoms with van der Waals surface area (Å²) >= 11 is 0. The Labute approximate surface area is 191 Å². The zero-order valence-corrected chi connectivity index (χ0v) is 18.5. The van der Waals surface area contributed by atoms with E-state index in [-0.39, 0.29) is 5.76 Å². The molecule has 0 aliphatic rings. The molecule has 0 aliphatic heterocycles. The van der Waals surface area contributed by atoms with Crippen molar-refractivity contribution in [3.05, 3.63) is 95.0 Å². The predicted octanol–water partition coefficient (Wildman–Crippen LogP) is 2.86. The van der Waals surface area contributed by atoms with Gasteiger partial charge in [0.2, 0.25) is 5.76 Å². The SMILES string of the molecule is Cc1nn(Cc2ccccc2)c(C)c1CNC(=O)COC(=O)c1ccc(Cn2cccn2)o1. The van der Waals surface area contributed by atoms with Crippen molar-refractivity contribution >= 4 is 11.9 Å². The van der Waals surface area contributed by atoms with Crippen LogP contribution < -0.4 is 5.32 Å². The van der Waals surface area contributed by atoms with Crippen molar-refractivity contribution in [1.29, 1.82) is 0 Å². The maximum Gasteiger partial charge on any atom is 0.374 e. The Bertz CT molecular complexity index is 1230. The van der Waals surface area contributed by atoms with Crippen LogP contribution in [0.2, 0.25) is 0 Å². The number of ether oxygens (including phenoxy) is 1. The number of aryl methyl sites for hydroxylation is 1. The first-order valence-corrected chi connectivity index (χ1v) is 10.6. The average molecular weight is 447 g/mol. The molecule has 4 rings (SSSR count). The predicted molar refractivity (Wildman–Crippen MR) is 119 cm³/mol. The largest absolute Gasteiger partial charge is 0.452 e. The van der Waals surface area contributed by atoms with Gasteiger partial charge in [-0.2, -0.15) is 10.2 Å². The first-order chi connectivity index (χ1) is 16.0. The zero-order chi connectivity index (χ0) is 23.2. The lowest BCUT2D eigenvalue weighted by Crippen LogP contribution is -2.28. The number of carbonyl (C=O) groups excluding carboxylic acids is 2. The second-order valence-corrected chi connectivity index (χ2v) is 7.62. The molecule has 0 fully saturated rings. The molecule has 0 unspecified atom stereocenters. The van der Waals surface area contributed by atoms with Crippen LogP contribution in [-0.4, -0.2) is 38.0 Å². The Balaban J connectivity index is 1.26. The highest BCUT2D eigenvalue weighted by Crippen LogP contribution is 2.15. The topological polar surface area (TPSA) is 104 Å². The van der Waals surface area contributed by atoms with Crippen LogP contribution in [0.25, 0.3) is 0 Å². The number of furan rings is 1. The number of nitrogens with one attached hydrogen (secondary N) is 1. The Kier molecular flexibility index (Phi) is 6.68. The molecule has 3 aromatic heterocycles. The van der Waals surface area contributed by atoms with E-state index in [0.717, 1.165) is 22.5 Å². The van der Waals surface area contributed by atoms with E-state index in [1.165, 1.54) is 6.07 Å². The van der Waals surface area contributed by atoms with Crippen LogP contribution in [0.4, 0.5) is 0 Å². The Morgan fingerprint density at radius 2 is 1.88 bits per heavy atom. The first-order valence-electron chi connectivity index (χ1n) is 10.6. The average Bonchev–Trinajstić information content (AvgIpc) is 3.55. The molecule has 0 bridgehead atoms. The van der Waals surface area contributed by atoms with Gasteiger partial charge in [0, 0.05) is 30.2 Å². The van der Waals surface area contributed by atoms with E-state index in [2.05, 4.69) is 15.5 Å². The van der Waals surface area contributed by atoms with Crippen LogP contribution in [0.3, 0.4) is 0 Å². The molecule has 0 spiro atoms. The Morgan fingerprint density at radius 1 is 1.06 bits per heavy atom. The molecule has 0 saturated heterocycles. The van der Waals surface area contributed by atoms with Gasteiger partial charge in [-0.05, 0) is 37.6 Å². The summed E-state index contributed by atoms with van der Waals surface area (Å²) < 4.78 is 14.2. The van der Waals surface area contributed by atoms with Crippen molar-refractivity contribution in [2.24, 2.45) is 0 Å². The van der Waals surface area contributed by atoms with Crippen LogP contribution in [0, 0.1) is 13.8 Å². The van der Waals surface area contributed by atoms with Crippen LogP contribution in [0.5, 0.6) is 0 Å². The third-order valence-electron chi connectivity index (χ3n) is 5.24. The van der Waals surface area contributed by atoms with Crippen molar-refractivity contribution in [3.63, 3.8) is 0 Å². The minimum absolute atomic E-state index is 0.0406. The molecule has 1 N–H and O–H groups in total. The van der Waals surface area contributed by atoms with Gasteiger partial charge < -0.3 is 14.5 Å². The summed E-state index contributed by atoms with van der Waals surface area (Å²) in [5.41, 5.74) is 3.92. The number of carbonyl (C=O) groups is 2. The summed E-state index contributed by atoms with van der Waals surface area (Å²) in [6.07, 6.45) is 3.45. The summed E-state index contributed by atoms with van der Waals surface area (Å²) in [4.78, 5) is 24.4. The van der Waals surface area contributed by atoms with Gasteiger partial charge >= 0.3 is 5.97 Å². The lowest BCUT2D eigenvalue weighted by Gasteiger charge is -2.08. The van der Waals surface area contributed by atoms with Gasteiger partial charge in [-0.3, -0.25) is 14.2 Å². The molecule has 3 heterocycles. The molecular weight excluding hydrogens is 422 g/mol. The lowest BCUT2D eigenvalue weighted by atomic mass is 10.2. The van der Waals surface area contributed by atoms with E-state index in [1.54, 1.807) is 29.2 Å². The Hall–Kier alpha value is -4.14. The molecule has 0 radical (unpaired) electrons. The van der Waals surface area contributed by atoms with E-state index < -0.39 is 18.5 Å². The minimum atomic E-state index is -0.695. The monoisotopic (exact) mass is 447 g/mol. The number of rotatable bonds is 9. The molecule has 1 aromatic carbocycles. The maximum atomic E-state index is 12.2. The maximum absolute atomic E-state index is 12.2. The third kappa shape index (κ3) is 5.57. The van der Waals surface area contributed by atoms with Crippen molar-refractivity contribution < 1.29 is 18.7 Å². The lowest BCUT2D eigenvalue weighted by molar-refractivity contribution is -0.124. The van der Waals surface area contributed by atoms with Gasteiger partial charge in [0.15, 0.2) is 6.61 Å². The minimum Gasteiger partial charge on any atom is -0.452 e. The highest BCUT2D eigenvalue weighted by Gasteiger charge is 2.16. The second-order valence-electron chi connectivity index (χ2n) is 7.62. The smallest absolute Gasteiger partial charge is 0.374 e. The van der Waals surface area contributed by atoms with Crippen molar-refractivity contribution in [2.45, 2.75) is 33.5 Å². The molecule has 33 heavy (non-hydrogen) atoms. The van der Waals surface area contributed by atoms with Gasteiger partial charge in [-0.25, -0.2) is 4.79 Å². The second kappa shape index (κ2) is 9.99. The fourth-order valence-corrected chi connectivity index (χ4v) is 3.47. The van der Waals surface area contributed by atoms with Crippen molar-refractivity contribution in [3.8, 4) is 0 Å². The summed E-state index contributed by atoms with van der Waals surface area (Å²) in [6.45, 7) is 4.85. The van der Waals surface area contributed by atoms with E-state index in [0.29, 0.717) is 25.4 Å². The number of nitrogens with zero attached hydrogens (tertiary/aromatic N) is 4. The van der Waals surface area contributed by atoms with E-state index in [4.69, 9.17) is 9.15 Å². The number of hydrogen-bond acceptors (Lipinski definition) is 6. The standard InChI is InChI=1S/C24H25N5O4/c1-17-21(18(2)29(27-17)14-19-7-4-3-5-8-19)13-25-23(30)16-32-24(31)22-10-9-20(33-22)15-28-12-6-11-26-28/h3-12H,13-16H2,1-2H3,(H,25,30). The van der Waals surface area contributed by atoms with Gasteiger partial charge in [0.1, 0.15) is 5.76 Å². The fourth-order valence-electron chi connectivity index (χ4n) is 3.47. The molecule has 9 nitrogen and oxygen atoms in total. The van der Waals surface area contributed by atoms with Crippen molar-refractivity contribution in [1.82, 2.24) is 24.9 Å². The van der Waals surface area contributed by atoms with Gasteiger partial charge in [0.05, 0.1) is 18.8 Å². The molecule has 4 aromatic rings. The van der Waals surface area contributed by atoms with Crippen molar-refractivity contribution in [2.75, 3.05) is 6.61 Å². The highest BCUT2D eigenvalue weighted by atomic mass is 16.5. The summed E-state index contributed by atoms with van der Waals surface area (Å²) in [5.74, 6) is -0.492. The third-order valence-corrected chi connectivity index (χ3v) is 5.24. The molecule has 9 heteroatoms. The van der Waals surface area contributed by atoms with Crippen LogP contribution in [-0.2, 0) is 29.2 Å². The quantitative estimate of drug-likeness (QED) is 0.396. The normalized spacial score (nSPS) is 10.8. The number of amides is 1. The van der Waals surface area contributed by atoms with Gasteiger partial charge in [-0.1, -0.05) is 30.3 Å². The highest BCUT2D eigenvalue weighted by molar-refractivity contribution is 5.88. The summed E-state index contributed by atoms with van der Waals surface area (Å²) in [6, 6.07) is 15.1. The summed E-state index contributed by atoms with van der Waals surface area (Å²) in [5, 5.41) is 11.5. The molecule has 0 aliphatic carbocycles. The van der Waals surface area contributed by atoms with E-state index in [1.807, 2.05) is 48.9 Å². The van der Waals surface area contributed by atoms with Gasteiger partial charge in [-0.15, -0.1) is 0 Å². The zero-order valence-electron chi connectivity index (χ0n) is 18.5. The number of hydrogen-bond donors (Lipinski definition) is 1. The number of benzene rings is 1. The van der Waals surface area contributed by atoms with Crippen LogP contribution in [0.1, 0.15) is 38.8 Å².